The molecule has 4 rings (SSSR count). The molecule has 1 unspecified atom stereocenters. The smallest absolute Gasteiger partial charge is 0.226 e. The summed E-state index contributed by atoms with van der Waals surface area (Å²) in [5.74, 6) is 1.84. The van der Waals surface area contributed by atoms with E-state index in [9.17, 15) is 4.79 Å². The molecule has 2 heterocycles. The molecule has 1 aromatic carbocycles. The number of piperazine rings is 1. The molecule has 30 heavy (non-hydrogen) atoms. The first-order chi connectivity index (χ1) is 14.6. The minimum Gasteiger partial charge on any atom is -0.490 e. The van der Waals surface area contributed by atoms with Crippen molar-refractivity contribution >= 4 is 5.91 Å². The Hall–Kier alpha value is -2.47. The number of rotatable bonds is 5. The van der Waals surface area contributed by atoms with Crippen molar-refractivity contribution in [2.75, 3.05) is 19.6 Å². The Balaban J connectivity index is 1.30. The normalized spacial score (nSPS) is 24.6. The predicted molar refractivity (Wildman–Crippen MR) is 117 cm³/mol. The fraction of sp³-hybridized carbons (Fsp3) is 0.542. The first-order valence-corrected chi connectivity index (χ1v) is 11.2. The van der Waals surface area contributed by atoms with E-state index in [2.05, 4.69) is 34.0 Å². The summed E-state index contributed by atoms with van der Waals surface area (Å²) in [6.45, 7) is 7.05. The molecule has 1 aliphatic carbocycles. The zero-order valence-electron chi connectivity index (χ0n) is 18.0. The topological polar surface area (TPSA) is 67.4 Å². The van der Waals surface area contributed by atoms with Crippen molar-refractivity contribution < 1.29 is 9.53 Å². The van der Waals surface area contributed by atoms with Crippen LogP contribution in [0.1, 0.15) is 39.5 Å². The van der Waals surface area contributed by atoms with E-state index in [1.807, 2.05) is 24.3 Å². The number of nitrogens with one attached hydrogen (secondary N) is 1. The lowest BCUT2D eigenvalue weighted by Crippen LogP contribution is -2.57. The lowest BCUT2D eigenvalue weighted by molar-refractivity contribution is -0.141. The van der Waals surface area contributed by atoms with Crippen LogP contribution < -0.4 is 10.1 Å². The molecular weight excluding hydrogens is 376 g/mol. The number of hydrogen-bond acceptors (Lipinski definition) is 5. The van der Waals surface area contributed by atoms with Gasteiger partial charge in [-0.2, -0.15) is 0 Å². The average molecular weight is 409 g/mol. The van der Waals surface area contributed by atoms with Crippen molar-refractivity contribution in [3.05, 3.63) is 42.9 Å². The Kier molecular flexibility index (Phi) is 6.62. The zero-order chi connectivity index (χ0) is 20.9. The second kappa shape index (κ2) is 9.56. The highest BCUT2D eigenvalue weighted by Gasteiger charge is 2.35. The highest BCUT2D eigenvalue weighted by molar-refractivity contribution is 5.79. The van der Waals surface area contributed by atoms with Gasteiger partial charge in [0.2, 0.25) is 5.91 Å². The number of amides is 1. The van der Waals surface area contributed by atoms with Gasteiger partial charge in [0, 0.05) is 49.6 Å². The van der Waals surface area contributed by atoms with Crippen molar-refractivity contribution in [3.8, 4) is 17.0 Å². The van der Waals surface area contributed by atoms with Gasteiger partial charge < -0.3 is 15.0 Å². The monoisotopic (exact) mass is 408 g/mol. The molecule has 6 heteroatoms. The quantitative estimate of drug-likeness (QED) is 0.820. The highest BCUT2D eigenvalue weighted by Crippen LogP contribution is 2.31. The fourth-order valence-electron chi connectivity index (χ4n) is 4.60. The summed E-state index contributed by atoms with van der Waals surface area (Å²) < 4.78 is 6.21. The second-order valence-corrected chi connectivity index (χ2v) is 8.75. The lowest BCUT2D eigenvalue weighted by atomic mass is 9.85. The first kappa shape index (κ1) is 20.8. The van der Waals surface area contributed by atoms with E-state index in [0.29, 0.717) is 17.9 Å². The Bertz CT molecular complexity index is 817. The van der Waals surface area contributed by atoms with Crippen molar-refractivity contribution in [1.82, 2.24) is 20.2 Å². The van der Waals surface area contributed by atoms with Gasteiger partial charge in [-0.05, 0) is 55.9 Å². The Morgan fingerprint density at radius 2 is 1.90 bits per heavy atom. The van der Waals surface area contributed by atoms with Gasteiger partial charge in [-0.15, -0.1) is 0 Å². The number of hydrogen-bond donors (Lipinski definition) is 1. The molecule has 6 nitrogen and oxygen atoms in total. The third-order valence-electron chi connectivity index (χ3n) is 6.38. The largest absolute Gasteiger partial charge is 0.490 e. The summed E-state index contributed by atoms with van der Waals surface area (Å²) in [5.41, 5.74) is 1.89. The van der Waals surface area contributed by atoms with Crippen LogP contribution in [0.3, 0.4) is 0 Å². The SMILES string of the molecule is CC(C)C1CNCCN1C(=O)C1CCC(Oc2ccc(-c3cnccn3)cc2)CC1. The van der Waals surface area contributed by atoms with Crippen molar-refractivity contribution in [1.29, 1.82) is 0 Å². The summed E-state index contributed by atoms with van der Waals surface area (Å²) in [4.78, 5) is 23.7. The Labute approximate surface area is 179 Å². The maximum atomic E-state index is 13.2. The molecule has 160 valence electrons. The minimum atomic E-state index is 0.142. The van der Waals surface area contributed by atoms with Crippen LogP contribution >= 0.6 is 0 Å². The molecule has 1 aromatic heterocycles. The van der Waals surface area contributed by atoms with Gasteiger partial charge in [-0.25, -0.2) is 0 Å². The number of benzene rings is 1. The number of ether oxygens (including phenoxy) is 1. The first-order valence-electron chi connectivity index (χ1n) is 11.2. The molecule has 1 atom stereocenters. The lowest BCUT2D eigenvalue weighted by Gasteiger charge is -2.41. The van der Waals surface area contributed by atoms with Gasteiger partial charge in [-0.3, -0.25) is 14.8 Å². The van der Waals surface area contributed by atoms with E-state index in [1.54, 1.807) is 18.6 Å². The van der Waals surface area contributed by atoms with Gasteiger partial charge >= 0.3 is 0 Å². The molecule has 0 bridgehead atoms. The third kappa shape index (κ3) is 4.81. The van der Waals surface area contributed by atoms with Gasteiger partial charge in [0.25, 0.3) is 0 Å². The molecule has 2 fully saturated rings. The molecule has 0 spiro atoms. The Morgan fingerprint density at radius 1 is 1.13 bits per heavy atom. The van der Waals surface area contributed by atoms with Gasteiger partial charge in [0.05, 0.1) is 18.0 Å². The van der Waals surface area contributed by atoms with Crippen LogP contribution in [0.4, 0.5) is 0 Å². The van der Waals surface area contributed by atoms with E-state index < -0.39 is 0 Å². The molecule has 1 saturated heterocycles. The maximum Gasteiger partial charge on any atom is 0.226 e. The number of nitrogens with zero attached hydrogens (tertiary/aromatic N) is 3. The van der Waals surface area contributed by atoms with Crippen molar-refractivity contribution in [2.45, 2.75) is 51.7 Å². The molecule has 1 saturated carbocycles. The molecular formula is C24H32N4O2. The Morgan fingerprint density at radius 3 is 2.57 bits per heavy atom. The average Bonchev–Trinajstić information content (AvgIpc) is 2.80. The highest BCUT2D eigenvalue weighted by atomic mass is 16.5. The number of carbonyl (C=O) groups excluding carboxylic acids is 1. The van der Waals surface area contributed by atoms with Gasteiger partial charge in [0.1, 0.15) is 5.75 Å². The summed E-state index contributed by atoms with van der Waals surface area (Å²) >= 11 is 0. The summed E-state index contributed by atoms with van der Waals surface area (Å²) in [5, 5.41) is 3.43. The second-order valence-electron chi connectivity index (χ2n) is 8.75. The minimum absolute atomic E-state index is 0.142. The predicted octanol–water partition coefficient (Wildman–Crippen LogP) is 3.54. The van der Waals surface area contributed by atoms with E-state index in [4.69, 9.17) is 4.74 Å². The van der Waals surface area contributed by atoms with Crippen LogP contribution in [-0.2, 0) is 4.79 Å². The van der Waals surface area contributed by atoms with Crippen molar-refractivity contribution in [3.63, 3.8) is 0 Å². The standard InChI is InChI=1S/C24H32N4O2/c1-17(2)23-16-26-13-14-28(23)24(29)19-5-9-21(10-6-19)30-20-7-3-18(4-8-20)22-15-25-11-12-27-22/h3-4,7-8,11-12,15,17,19,21,23,26H,5-6,9-10,13-14,16H2,1-2H3. The van der Waals surface area contributed by atoms with E-state index >= 15 is 0 Å². The molecule has 0 radical (unpaired) electrons. The van der Waals surface area contributed by atoms with E-state index in [1.165, 1.54) is 0 Å². The van der Waals surface area contributed by atoms with Gasteiger partial charge in [0.15, 0.2) is 0 Å². The molecule has 2 aliphatic rings. The van der Waals surface area contributed by atoms with Crippen LogP contribution in [0.25, 0.3) is 11.3 Å². The summed E-state index contributed by atoms with van der Waals surface area (Å²) in [7, 11) is 0. The molecule has 1 aliphatic heterocycles. The van der Waals surface area contributed by atoms with Crippen LogP contribution in [-0.4, -0.2) is 52.6 Å². The molecule has 1 N–H and O–H groups in total. The molecule has 2 aromatic rings. The van der Waals surface area contributed by atoms with Crippen molar-refractivity contribution in [2.24, 2.45) is 11.8 Å². The summed E-state index contributed by atoms with van der Waals surface area (Å²) in [6, 6.07) is 8.34. The fourth-order valence-corrected chi connectivity index (χ4v) is 4.60. The van der Waals surface area contributed by atoms with Crippen LogP contribution in [0.2, 0.25) is 0 Å². The van der Waals surface area contributed by atoms with Crippen LogP contribution in [0.5, 0.6) is 5.75 Å². The van der Waals surface area contributed by atoms with Crippen LogP contribution in [0.15, 0.2) is 42.9 Å². The van der Waals surface area contributed by atoms with Crippen LogP contribution in [0, 0.1) is 11.8 Å². The zero-order valence-corrected chi connectivity index (χ0v) is 18.0. The third-order valence-corrected chi connectivity index (χ3v) is 6.38. The van der Waals surface area contributed by atoms with E-state index in [-0.39, 0.29) is 12.0 Å². The summed E-state index contributed by atoms with van der Waals surface area (Å²) in [6.07, 6.45) is 9.00. The maximum absolute atomic E-state index is 13.2. The van der Waals surface area contributed by atoms with Gasteiger partial charge in [-0.1, -0.05) is 13.8 Å². The molecule has 1 amide bonds. The number of aromatic nitrogens is 2. The number of carbonyl (C=O) groups is 1. The van der Waals surface area contributed by atoms with E-state index in [0.717, 1.165) is 62.3 Å².